The first-order valence-electron chi connectivity index (χ1n) is 6.75. The summed E-state index contributed by atoms with van der Waals surface area (Å²) in [5.74, 6) is 0. The molecule has 0 atom stereocenters. The van der Waals surface area contributed by atoms with E-state index in [0.717, 1.165) is 0 Å². The first-order valence-corrected chi connectivity index (χ1v) is 7.25. The standard InChI is InChI=1S/C16H29P/c1-7-9-10-11-14(8-2)15(12-13(3)17)16(4,5)6/h8,12,17H,7,9-11H2,1-6H3/b14-8-,15-12+. The summed E-state index contributed by atoms with van der Waals surface area (Å²) >= 11 is 0. The molecule has 0 radical (unpaired) electrons. The Morgan fingerprint density at radius 2 is 1.76 bits per heavy atom. The lowest BCUT2D eigenvalue weighted by molar-refractivity contribution is 0.504. The number of hydrogen-bond donors (Lipinski definition) is 0. The van der Waals surface area contributed by atoms with Crippen molar-refractivity contribution in [2.45, 2.75) is 67.2 Å². The van der Waals surface area contributed by atoms with Crippen LogP contribution >= 0.6 is 8.86 Å². The van der Waals surface area contributed by atoms with E-state index in [1.807, 2.05) is 0 Å². The van der Waals surface area contributed by atoms with Gasteiger partial charge in [-0.1, -0.05) is 52.7 Å². The topological polar surface area (TPSA) is 0 Å². The van der Waals surface area contributed by atoms with Crippen LogP contribution in [-0.2, 0) is 0 Å². The molecule has 0 aromatic heterocycles. The van der Waals surface area contributed by atoms with E-state index >= 15 is 0 Å². The third-order valence-corrected chi connectivity index (χ3v) is 3.06. The lowest BCUT2D eigenvalue weighted by atomic mass is 9.79. The van der Waals surface area contributed by atoms with Gasteiger partial charge in [-0.2, -0.15) is 0 Å². The monoisotopic (exact) mass is 252 g/mol. The summed E-state index contributed by atoms with van der Waals surface area (Å²) in [5, 5.41) is 1.20. The lowest BCUT2D eigenvalue weighted by Crippen LogP contribution is -2.13. The Kier molecular flexibility index (Phi) is 7.71. The van der Waals surface area contributed by atoms with Gasteiger partial charge in [-0.3, -0.25) is 0 Å². The predicted octanol–water partition coefficient (Wildman–Crippen LogP) is 5.82. The minimum absolute atomic E-state index is 0.210. The first kappa shape index (κ1) is 16.6. The molecule has 0 amide bonds. The largest absolute Gasteiger partial charge is 0.119 e. The third kappa shape index (κ3) is 6.84. The van der Waals surface area contributed by atoms with Gasteiger partial charge in [0.05, 0.1) is 0 Å². The van der Waals surface area contributed by atoms with Crippen LogP contribution in [0.5, 0.6) is 0 Å². The van der Waals surface area contributed by atoms with Crippen LogP contribution in [0, 0.1) is 5.41 Å². The van der Waals surface area contributed by atoms with E-state index in [9.17, 15) is 0 Å². The summed E-state index contributed by atoms with van der Waals surface area (Å²) in [6.07, 6.45) is 9.66. The average molecular weight is 252 g/mol. The molecule has 0 rings (SSSR count). The van der Waals surface area contributed by atoms with Gasteiger partial charge >= 0.3 is 0 Å². The molecule has 0 aromatic carbocycles. The third-order valence-electron chi connectivity index (χ3n) is 2.91. The highest BCUT2D eigenvalue weighted by Gasteiger charge is 2.19. The second-order valence-corrected chi connectivity index (χ2v) is 6.55. The van der Waals surface area contributed by atoms with Gasteiger partial charge in [-0.25, -0.2) is 0 Å². The van der Waals surface area contributed by atoms with Crippen molar-refractivity contribution in [3.05, 3.63) is 23.3 Å². The average Bonchev–Trinajstić information content (AvgIpc) is 2.20. The zero-order valence-corrected chi connectivity index (χ0v) is 13.5. The van der Waals surface area contributed by atoms with E-state index in [1.54, 1.807) is 0 Å². The first-order chi connectivity index (χ1) is 7.82. The van der Waals surface area contributed by atoms with Gasteiger partial charge in [-0.05, 0) is 48.5 Å². The van der Waals surface area contributed by atoms with E-state index in [2.05, 4.69) is 62.6 Å². The van der Waals surface area contributed by atoms with Crippen LogP contribution in [0.3, 0.4) is 0 Å². The molecule has 0 aromatic rings. The summed E-state index contributed by atoms with van der Waals surface area (Å²) < 4.78 is 0. The summed E-state index contributed by atoms with van der Waals surface area (Å²) in [6.45, 7) is 13.4. The minimum atomic E-state index is 0.210. The molecular weight excluding hydrogens is 223 g/mol. The van der Waals surface area contributed by atoms with E-state index < -0.39 is 0 Å². The maximum Gasteiger partial charge on any atom is -0.0129 e. The Morgan fingerprint density at radius 3 is 2.12 bits per heavy atom. The molecule has 0 aliphatic heterocycles. The van der Waals surface area contributed by atoms with Crippen LogP contribution in [0.1, 0.15) is 67.2 Å². The summed E-state index contributed by atoms with van der Waals surface area (Å²) in [4.78, 5) is 0. The maximum atomic E-state index is 3.61. The van der Waals surface area contributed by atoms with Gasteiger partial charge in [0.2, 0.25) is 0 Å². The van der Waals surface area contributed by atoms with Gasteiger partial charge in [-0.15, -0.1) is 8.86 Å². The SMILES string of the molecule is C/C=C(CCCCC)\C(=C/C(C)=P)C(C)(C)C. The van der Waals surface area contributed by atoms with Crippen LogP contribution in [0.2, 0.25) is 0 Å². The fourth-order valence-electron chi connectivity index (χ4n) is 2.01. The molecule has 0 aliphatic carbocycles. The molecule has 0 nitrogen and oxygen atoms in total. The number of rotatable bonds is 6. The minimum Gasteiger partial charge on any atom is -0.119 e. The Balaban J connectivity index is 4.96. The molecule has 1 heteroatoms. The number of hydrogen-bond acceptors (Lipinski definition) is 0. The Morgan fingerprint density at radius 1 is 1.18 bits per heavy atom. The van der Waals surface area contributed by atoms with Crippen LogP contribution < -0.4 is 0 Å². The van der Waals surface area contributed by atoms with Crippen LogP contribution in [0.15, 0.2) is 23.3 Å². The van der Waals surface area contributed by atoms with E-state index in [4.69, 9.17) is 0 Å². The smallest absolute Gasteiger partial charge is 0.0129 e. The second-order valence-electron chi connectivity index (χ2n) is 5.76. The molecule has 0 fully saturated rings. The molecule has 0 bridgehead atoms. The summed E-state index contributed by atoms with van der Waals surface area (Å²) in [6, 6.07) is 0. The van der Waals surface area contributed by atoms with E-state index in [0.29, 0.717) is 0 Å². The number of allylic oxidation sites excluding steroid dienone is 4. The van der Waals surface area contributed by atoms with Crippen molar-refractivity contribution in [1.29, 1.82) is 0 Å². The molecule has 98 valence electrons. The fraction of sp³-hybridized carbons (Fsp3) is 0.688. The Labute approximate surface area is 110 Å². The van der Waals surface area contributed by atoms with Crippen molar-refractivity contribution >= 4 is 14.2 Å². The molecule has 0 unspecified atom stereocenters. The Bertz CT molecular complexity index is 300. The van der Waals surface area contributed by atoms with Crippen molar-refractivity contribution in [3.63, 3.8) is 0 Å². The normalized spacial score (nSPS) is 14.0. The highest BCUT2D eigenvalue weighted by Crippen LogP contribution is 2.33. The highest BCUT2D eigenvalue weighted by atomic mass is 31.0. The van der Waals surface area contributed by atoms with Crippen molar-refractivity contribution in [2.75, 3.05) is 0 Å². The van der Waals surface area contributed by atoms with Crippen LogP contribution in [0.25, 0.3) is 0 Å². The van der Waals surface area contributed by atoms with Crippen LogP contribution in [0.4, 0.5) is 0 Å². The van der Waals surface area contributed by atoms with Gasteiger partial charge in [0.1, 0.15) is 0 Å². The molecule has 0 aliphatic rings. The Hall–Kier alpha value is -0.350. The highest BCUT2D eigenvalue weighted by molar-refractivity contribution is 7.21. The fourth-order valence-corrected chi connectivity index (χ4v) is 2.15. The van der Waals surface area contributed by atoms with Gasteiger partial charge in [0.15, 0.2) is 0 Å². The van der Waals surface area contributed by atoms with Crippen molar-refractivity contribution in [1.82, 2.24) is 0 Å². The van der Waals surface area contributed by atoms with Gasteiger partial charge < -0.3 is 0 Å². The van der Waals surface area contributed by atoms with Gasteiger partial charge in [0, 0.05) is 0 Å². The van der Waals surface area contributed by atoms with E-state index in [1.165, 1.54) is 42.1 Å². The lowest BCUT2D eigenvalue weighted by Gasteiger charge is -2.26. The molecule has 0 saturated carbocycles. The molecular formula is C16H29P. The second kappa shape index (κ2) is 7.88. The van der Waals surface area contributed by atoms with Crippen molar-refractivity contribution in [2.24, 2.45) is 5.41 Å². The zero-order chi connectivity index (χ0) is 13.5. The van der Waals surface area contributed by atoms with Gasteiger partial charge in [0.25, 0.3) is 0 Å². The molecule has 0 spiro atoms. The molecule has 0 N–H and O–H groups in total. The summed E-state index contributed by atoms with van der Waals surface area (Å²) in [7, 11) is 3.61. The van der Waals surface area contributed by atoms with Crippen LogP contribution in [-0.4, -0.2) is 5.29 Å². The quantitative estimate of drug-likeness (QED) is 0.317. The predicted molar refractivity (Wildman–Crippen MR) is 84.4 cm³/mol. The van der Waals surface area contributed by atoms with E-state index in [-0.39, 0.29) is 5.41 Å². The molecule has 0 saturated heterocycles. The summed E-state index contributed by atoms with van der Waals surface area (Å²) in [5.41, 5.74) is 3.18. The molecule has 17 heavy (non-hydrogen) atoms. The molecule has 0 heterocycles. The van der Waals surface area contributed by atoms with Crippen molar-refractivity contribution in [3.8, 4) is 0 Å². The van der Waals surface area contributed by atoms with Crippen molar-refractivity contribution < 1.29 is 0 Å². The zero-order valence-electron chi connectivity index (χ0n) is 12.5. The maximum absolute atomic E-state index is 3.61. The number of unbranched alkanes of at least 4 members (excludes halogenated alkanes) is 2.